The maximum Gasteiger partial charge on any atom is 0.149 e. The largest absolute Gasteiger partial charge is 0.384 e. The maximum atomic E-state index is 13.9. The number of para-hydroxylation sites is 1. The van der Waals surface area contributed by atoms with Crippen LogP contribution in [0.5, 0.6) is 0 Å². The lowest BCUT2D eigenvalue weighted by molar-refractivity contribution is 0.122. The van der Waals surface area contributed by atoms with Gasteiger partial charge >= 0.3 is 0 Å². The number of aliphatic imine (C=N–C) groups is 1. The van der Waals surface area contributed by atoms with E-state index in [1.165, 1.54) is 0 Å². The predicted octanol–water partition coefficient (Wildman–Crippen LogP) is 3.35. The molecule has 1 aromatic rings. The molecule has 2 nitrogen and oxygen atoms in total. The maximum absolute atomic E-state index is 13.9. The van der Waals surface area contributed by atoms with Gasteiger partial charge in [0.05, 0.1) is 7.08 Å². The molecular weight excluding hydrogens is 217 g/mol. The van der Waals surface area contributed by atoms with Crippen LogP contribution in [0.15, 0.2) is 23.2 Å². The molecule has 0 saturated carbocycles. The second kappa shape index (κ2) is 3.64. The molecule has 0 saturated heterocycles. The topological polar surface area (TPSA) is 32.6 Å². The van der Waals surface area contributed by atoms with Gasteiger partial charge in [-0.05, 0) is 25.0 Å². The minimum atomic E-state index is -1.06. The van der Waals surface area contributed by atoms with Crippen molar-refractivity contribution in [3.8, 4) is 0 Å². The summed E-state index contributed by atoms with van der Waals surface area (Å²) in [6.45, 7) is 7.37. The summed E-state index contributed by atoms with van der Waals surface area (Å²) >= 11 is 0. The lowest BCUT2D eigenvalue weighted by Crippen LogP contribution is -2.44. The first-order chi connectivity index (χ1) is 8.20. The molecule has 0 bridgehead atoms. The molecule has 1 heterocycles. The van der Waals surface area contributed by atoms with E-state index in [2.05, 4.69) is 4.99 Å². The van der Waals surface area contributed by atoms with E-state index in [1.54, 1.807) is 13.0 Å². The van der Waals surface area contributed by atoms with Crippen molar-refractivity contribution in [1.82, 2.24) is 0 Å². The molecule has 1 aromatic carbocycles. The summed E-state index contributed by atoms with van der Waals surface area (Å²) in [5.74, 6) is -0.493. The van der Waals surface area contributed by atoms with Crippen LogP contribution in [0.4, 0.5) is 10.1 Å². The van der Waals surface area contributed by atoms with Crippen LogP contribution in [0.1, 0.15) is 41.0 Å². The SMILES string of the molecule is [2H]c1cc(F)c2c(c1)C(C)(C)C(C(C)(O)CC)=N2. The normalized spacial score (nSPS) is 21.5. The van der Waals surface area contributed by atoms with Gasteiger partial charge in [0.15, 0.2) is 0 Å². The van der Waals surface area contributed by atoms with Crippen LogP contribution in [0.3, 0.4) is 0 Å². The van der Waals surface area contributed by atoms with Crippen molar-refractivity contribution in [2.75, 3.05) is 0 Å². The van der Waals surface area contributed by atoms with E-state index in [0.717, 1.165) is 6.07 Å². The first-order valence-corrected chi connectivity index (χ1v) is 5.83. The molecule has 1 atom stereocenters. The molecule has 0 spiro atoms. The quantitative estimate of drug-likeness (QED) is 0.839. The summed E-state index contributed by atoms with van der Waals surface area (Å²) in [6, 6.07) is 2.91. The third kappa shape index (κ3) is 1.69. The van der Waals surface area contributed by atoms with Crippen molar-refractivity contribution < 1.29 is 10.9 Å². The molecule has 1 unspecified atom stereocenters. The van der Waals surface area contributed by atoms with Gasteiger partial charge in [-0.1, -0.05) is 32.9 Å². The highest BCUT2D eigenvalue weighted by molar-refractivity contribution is 6.06. The fraction of sp³-hybridized carbons (Fsp3) is 0.500. The summed E-state index contributed by atoms with van der Waals surface area (Å²) in [6.07, 6.45) is 0.513. The summed E-state index contributed by atoms with van der Waals surface area (Å²) in [4.78, 5) is 4.30. The zero-order chi connectivity index (χ0) is 13.7. The van der Waals surface area contributed by atoms with Crippen LogP contribution in [0, 0.1) is 5.82 Å². The highest BCUT2D eigenvalue weighted by Crippen LogP contribution is 2.44. The highest BCUT2D eigenvalue weighted by Gasteiger charge is 2.44. The Morgan fingerprint density at radius 1 is 1.53 bits per heavy atom. The van der Waals surface area contributed by atoms with E-state index in [9.17, 15) is 9.50 Å². The minimum absolute atomic E-state index is 0.131. The predicted molar refractivity (Wildman–Crippen MR) is 67.4 cm³/mol. The lowest BCUT2D eigenvalue weighted by atomic mass is 9.74. The standard InChI is InChI=1S/C14H18FNO/c1-5-14(4,17)12-13(2,3)9-7-6-8-10(15)11(9)16-12/h6-8,17H,5H2,1-4H3/i6D. The number of fused-ring (bicyclic) bond motifs is 1. The number of benzene rings is 1. The second-order valence-corrected chi connectivity index (χ2v) is 5.28. The average molecular weight is 236 g/mol. The van der Waals surface area contributed by atoms with Crippen LogP contribution in [0.2, 0.25) is 0 Å². The van der Waals surface area contributed by atoms with Crippen LogP contribution < -0.4 is 0 Å². The molecule has 0 fully saturated rings. The van der Waals surface area contributed by atoms with Gasteiger partial charge in [0.25, 0.3) is 0 Å². The smallest absolute Gasteiger partial charge is 0.149 e. The van der Waals surface area contributed by atoms with Gasteiger partial charge in [0.1, 0.15) is 17.1 Å². The Balaban J connectivity index is 2.65. The third-order valence-electron chi connectivity index (χ3n) is 3.61. The van der Waals surface area contributed by atoms with E-state index < -0.39 is 16.8 Å². The molecule has 0 radical (unpaired) electrons. The number of hydrogen-bond donors (Lipinski definition) is 1. The Kier molecular flexibility index (Phi) is 2.33. The van der Waals surface area contributed by atoms with E-state index >= 15 is 0 Å². The zero-order valence-corrected chi connectivity index (χ0v) is 10.6. The second-order valence-electron chi connectivity index (χ2n) is 5.28. The Morgan fingerprint density at radius 3 is 2.76 bits per heavy atom. The Hall–Kier alpha value is -1.22. The molecule has 92 valence electrons. The zero-order valence-electron chi connectivity index (χ0n) is 11.6. The van der Waals surface area contributed by atoms with E-state index in [4.69, 9.17) is 1.37 Å². The van der Waals surface area contributed by atoms with Gasteiger partial charge in [-0.3, -0.25) is 4.99 Å². The van der Waals surface area contributed by atoms with Crippen molar-refractivity contribution in [3.05, 3.63) is 29.6 Å². The number of rotatable bonds is 2. The number of nitrogens with zero attached hydrogens (tertiary/aromatic N) is 1. The molecule has 3 heteroatoms. The number of aliphatic hydroxyl groups is 1. The third-order valence-corrected chi connectivity index (χ3v) is 3.61. The van der Waals surface area contributed by atoms with E-state index in [0.29, 0.717) is 17.7 Å². The van der Waals surface area contributed by atoms with Crippen molar-refractivity contribution in [2.45, 2.75) is 45.1 Å². The fourth-order valence-corrected chi connectivity index (χ4v) is 2.39. The molecule has 0 aromatic heterocycles. The highest BCUT2D eigenvalue weighted by atomic mass is 19.1. The Labute approximate surface area is 103 Å². The number of halogens is 1. The molecule has 1 aliphatic rings. The summed E-state index contributed by atoms with van der Waals surface area (Å²) in [5.41, 5.74) is -0.0999. The van der Waals surface area contributed by atoms with Crippen molar-refractivity contribution in [1.29, 1.82) is 0 Å². The monoisotopic (exact) mass is 236 g/mol. The van der Waals surface area contributed by atoms with Gasteiger partial charge in [-0.15, -0.1) is 0 Å². The molecular formula is C14H18FNO. The minimum Gasteiger partial charge on any atom is -0.384 e. The Bertz CT molecular complexity index is 535. The van der Waals surface area contributed by atoms with Crippen molar-refractivity contribution in [2.24, 2.45) is 4.99 Å². The molecule has 17 heavy (non-hydrogen) atoms. The van der Waals surface area contributed by atoms with Gasteiger partial charge < -0.3 is 5.11 Å². The van der Waals surface area contributed by atoms with Gasteiger partial charge in [0, 0.05) is 5.41 Å². The first kappa shape index (κ1) is 10.9. The van der Waals surface area contributed by atoms with Gasteiger partial charge in [-0.2, -0.15) is 0 Å². The molecule has 1 aliphatic heterocycles. The first-order valence-electron chi connectivity index (χ1n) is 6.33. The summed E-state index contributed by atoms with van der Waals surface area (Å²) in [7, 11) is 0. The van der Waals surface area contributed by atoms with E-state index in [1.807, 2.05) is 20.8 Å². The summed E-state index contributed by atoms with van der Waals surface area (Å²) < 4.78 is 21.4. The lowest BCUT2D eigenvalue weighted by Gasteiger charge is -2.32. The van der Waals surface area contributed by atoms with Crippen molar-refractivity contribution in [3.63, 3.8) is 0 Å². The van der Waals surface area contributed by atoms with E-state index in [-0.39, 0.29) is 11.7 Å². The van der Waals surface area contributed by atoms with Gasteiger partial charge in [-0.25, -0.2) is 4.39 Å². The van der Waals surface area contributed by atoms with Crippen LogP contribution >= 0.6 is 0 Å². The fourth-order valence-electron chi connectivity index (χ4n) is 2.39. The Morgan fingerprint density at radius 2 is 2.18 bits per heavy atom. The molecule has 1 N–H and O–H groups in total. The molecule has 0 amide bonds. The molecule has 0 aliphatic carbocycles. The van der Waals surface area contributed by atoms with Crippen LogP contribution in [-0.2, 0) is 5.41 Å². The number of hydrogen-bond acceptors (Lipinski definition) is 2. The molecule has 2 rings (SSSR count). The van der Waals surface area contributed by atoms with Crippen molar-refractivity contribution >= 4 is 11.4 Å². The van der Waals surface area contributed by atoms with Gasteiger partial charge in [0.2, 0.25) is 0 Å². The summed E-state index contributed by atoms with van der Waals surface area (Å²) in [5, 5.41) is 10.4. The average Bonchev–Trinajstić information content (AvgIpc) is 2.52. The van der Waals surface area contributed by atoms with Crippen LogP contribution in [0.25, 0.3) is 0 Å². The van der Waals surface area contributed by atoms with Crippen LogP contribution in [-0.4, -0.2) is 16.4 Å².